The van der Waals surface area contributed by atoms with E-state index < -0.39 is 0 Å². The molecular formula is C21H23NO3. The van der Waals surface area contributed by atoms with Gasteiger partial charge in [-0.25, -0.2) is 4.98 Å². The minimum atomic E-state index is -0.219. The summed E-state index contributed by atoms with van der Waals surface area (Å²) in [5, 5.41) is 0. The second-order valence-electron chi connectivity index (χ2n) is 8.26. The first-order valence-corrected chi connectivity index (χ1v) is 9.37. The van der Waals surface area contributed by atoms with Crippen LogP contribution in [0.15, 0.2) is 40.9 Å². The molecular weight excluding hydrogens is 314 g/mol. The van der Waals surface area contributed by atoms with Gasteiger partial charge in [0.2, 0.25) is 5.89 Å². The van der Waals surface area contributed by atoms with Crippen LogP contribution in [0.4, 0.5) is 0 Å². The van der Waals surface area contributed by atoms with Crippen LogP contribution in [0.2, 0.25) is 0 Å². The van der Waals surface area contributed by atoms with Crippen molar-refractivity contribution in [2.75, 3.05) is 0 Å². The van der Waals surface area contributed by atoms with Crippen molar-refractivity contribution in [1.29, 1.82) is 0 Å². The molecule has 6 rings (SSSR count). The van der Waals surface area contributed by atoms with E-state index in [1.54, 1.807) is 6.20 Å². The molecule has 25 heavy (non-hydrogen) atoms. The fraction of sp³-hybridized carbons (Fsp3) is 0.524. The Hall–Kier alpha value is -2.10. The van der Waals surface area contributed by atoms with Gasteiger partial charge in [-0.1, -0.05) is 30.3 Å². The second-order valence-corrected chi connectivity index (χ2v) is 8.26. The number of benzene rings is 1. The number of oxazole rings is 1. The molecule has 0 amide bonds. The smallest absolute Gasteiger partial charge is 0.312 e. The topological polar surface area (TPSA) is 52.3 Å². The Morgan fingerprint density at radius 3 is 2.36 bits per heavy atom. The molecule has 0 aliphatic heterocycles. The van der Waals surface area contributed by atoms with Crippen LogP contribution in [0, 0.1) is 23.2 Å². The number of carbonyl (C=O) groups excluding carboxylic acids is 1. The normalized spacial score (nSPS) is 32.7. The lowest BCUT2D eigenvalue weighted by Crippen LogP contribution is -2.50. The van der Waals surface area contributed by atoms with Gasteiger partial charge in [0.1, 0.15) is 0 Å². The quantitative estimate of drug-likeness (QED) is 0.765. The number of rotatable bonds is 4. The highest BCUT2D eigenvalue weighted by Crippen LogP contribution is 2.60. The zero-order chi connectivity index (χ0) is 16.9. The molecule has 4 bridgehead atoms. The molecule has 0 saturated heterocycles. The van der Waals surface area contributed by atoms with Gasteiger partial charge in [-0.3, -0.25) is 4.79 Å². The Balaban J connectivity index is 1.26. The van der Waals surface area contributed by atoms with E-state index in [0.29, 0.717) is 11.7 Å². The van der Waals surface area contributed by atoms with Crippen LogP contribution in [0.1, 0.15) is 44.4 Å². The number of esters is 1. The Morgan fingerprint density at radius 1 is 1.08 bits per heavy atom. The van der Waals surface area contributed by atoms with Crippen molar-refractivity contribution in [3.8, 4) is 11.3 Å². The molecule has 130 valence electrons. The lowest BCUT2D eigenvalue weighted by Gasteiger charge is -2.55. The van der Waals surface area contributed by atoms with Gasteiger partial charge in [0, 0.05) is 5.56 Å². The summed E-state index contributed by atoms with van der Waals surface area (Å²) >= 11 is 0. The van der Waals surface area contributed by atoms with Gasteiger partial charge in [-0.15, -0.1) is 0 Å². The number of aromatic nitrogens is 1. The standard InChI is InChI=1S/C21H23NO3/c23-20(21-9-14-6-15(10-21)8-16(7-14)11-21)24-13-19-22-12-18(25-19)17-4-2-1-3-5-17/h1-5,12,14-16H,6-11,13H2. The Bertz CT molecular complexity index is 744. The van der Waals surface area contributed by atoms with E-state index in [2.05, 4.69) is 4.98 Å². The lowest BCUT2D eigenvalue weighted by molar-refractivity contribution is -0.173. The summed E-state index contributed by atoms with van der Waals surface area (Å²) in [6, 6.07) is 9.85. The second kappa shape index (κ2) is 5.72. The van der Waals surface area contributed by atoms with Gasteiger partial charge >= 0.3 is 5.97 Å². The summed E-state index contributed by atoms with van der Waals surface area (Å²) < 4.78 is 11.4. The van der Waals surface area contributed by atoms with E-state index >= 15 is 0 Å². The van der Waals surface area contributed by atoms with Crippen LogP contribution in [-0.4, -0.2) is 11.0 Å². The fourth-order valence-electron chi connectivity index (χ4n) is 5.75. The van der Waals surface area contributed by atoms with E-state index in [9.17, 15) is 4.79 Å². The number of nitrogens with zero attached hydrogens (tertiary/aromatic N) is 1. The van der Waals surface area contributed by atoms with Crippen LogP contribution < -0.4 is 0 Å². The molecule has 4 aliphatic rings. The van der Waals surface area contributed by atoms with E-state index in [1.165, 1.54) is 19.3 Å². The van der Waals surface area contributed by atoms with Gasteiger partial charge in [0.25, 0.3) is 0 Å². The summed E-state index contributed by atoms with van der Waals surface area (Å²) in [7, 11) is 0. The molecule has 2 aromatic rings. The molecule has 0 N–H and O–H groups in total. The first kappa shape index (κ1) is 15.2. The highest BCUT2D eigenvalue weighted by molar-refractivity contribution is 5.77. The summed E-state index contributed by atoms with van der Waals surface area (Å²) in [6.07, 6.45) is 8.76. The molecule has 4 saturated carbocycles. The summed E-state index contributed by atoms with van der Waals surface area (Å²) in [6.45, 7) is 0.132. The van der Waals surface area contributed by atoms with Gasteiger partial charge in [0.05, 0.1) is 11.6 Å². The zero-order valence-electron chi connectivity index (χ0n) is 14.3. The van der Waals surface area contributed by atoms with Gasteiger partial charge < -0.3 is 9.15 Å². The van der Waals surface area contributed by atoms with Crippen LogP contribution in [0.5, 0.6) is 0 Å². The molecule has 0 spiro atoms. The molecule has 1 aromatic heterocycles. The zero-order valence-corrected chi connectivity index (χ0v) is 14.3. The highest BCUT2D eigenvalue weighted by atomic mass is 16.5. The van der Waals surface area contributed by atoms with Gasteiger partial charge in [-0.05, 0) is 56.3 Å². The van der Waals surface area contributed by atoms with Crippen molar-refractivity contribution in [2.45, 2.75) is 45.1 Å². The van der Waals surface area contributed by atoms with Gasteiger partial charge in [0.15, 0.2) is 12.4 Å². The van der Waals surface area contributed by atoms with Crippen molar-refractivity contribution in [3.63, 3.8) is 0 Å². The average molecular weight is 337 g/mol. The third-order valence-electron chi connectivity index (χ3n) is 6.41. The minimum absolute atomic E-state index is 0.0222. The Morgan fingerprint density at radius 2 is 1.72 bits per heavy atom. The number of hydrogen-bond donors (Lipinski definition) is 0. The number of ether oxygens (including phenoxy) is 1. The molecule has 4 aliphatic carbocycles. The largest absolute Gasteiger partial charge is 0.455 e. The van der Waals surface area contributed by atoms with Gasteiger partial charge in [-0.2, -0.15) is 0 Å². The molecule has 0 atom stereocenters. The van der Waals surface area contributed by atoms with Crippen LogP contribution in [-0.2, 0) is 16.1 Å². The van der Waals surface area contributed by atoms with Crippen LogP contribution >= 0.6 is 0 Å². The molecule has 4 fully saturated rings. The summed E-state index contributed by atoms with van der Waals surface area (Å²) in [5.74, 6) is 3.38. The number of hydrogen-bond acceptors (Lipinski definition) is 4. The average Bonchev–Trinajstić information content (AvgIpc) is 3.08. The molecule has 4 nitrogen and oxygen atoms in total. The summed E-state index contributed by atoms with van der Waals surface area (Å²) in [5.41, 5.74) is 0.762. The van der Waals surface area contributed by atoms with E-state index in [4.69, 9.17) is 9.15 Å². The highest BCUT2D eigenvalue weighted by Gasteiger charge is 2.55. The van der Waals surface area contributed by atoms with E-state index in [-0.39, 0.29) is 18.0 Å². The Kier molecular flexibility index (Phi) is 3.47. The maximum absolute atomic E-state index is 12.9. The third-order valence-corrected chi connectivity index (χ3v) is 6.41. The first-order chi connectivity index (χ1) is 12.2. The monoisotopic (exact) mass is 337 g/mol. The maximum atomic E-state index is 12.9. The Labute approximate surface area is 147 Å². The molecule has 0 unspecified atom stereocenters. The van der Waals surface area contributed by atoms with Crippen molar-refractivity contribution in [2.24, 2.45) is 23.2 Å². The fourth-order valence-corrected chi connectivity index (χ4v) is 5.75. The number of carbonyl (C=O) groups is 1. The molecule has 1 heterocycles. The predicted molar refractivity (Wildman–Crippen MR) is 92.3 cm³/mol. The third kappa shape index (κ3) is 2.68. The van der Waals surface area contributed by atoms with Crippen LogP contribution in [0.3, 0.4) is 0 Å². The van der Waals surface area contributed by atoms with Crippen molar-refractivity contribution >= 4 is 5.97 Å². The molecule has 1 aromatic carbocycles. The van der Waals surface area contributed by atoms with E-state index in [0.717, 1.165) is 42.6 Å². The maximum Gasteiger partial charge on any atom is 0.312 e. The predicted octanol–water partition coefficient (Wildman–Crippen LogP) is 4.60. The summed E-state index contributed by atoms with van der Waals surface area (Å²) in [4.78, 5) is 17.1. The SMILES string of the molecule is O=C(OCc1ncc(-c2ccccc2)o1)C12CC3CC(CC(C3)C1)C2. The minimum Gasteiger partial charge on any atom is -0.455 e. The molecule has 0 radical (unpaired) electrons. The van der Waals surface area contributed by atoms with Crippen molar-refractivity contribution < 1.29 is 13.9 Å². The van der Waals surface area contributed by atoms with Crippen molar-refractivity contribution in [3.05, 3.63) is 42.4 Å². The van der Waals surface area contributed by atoms with Crippen LogP contribution in [0.25, 0.3) is 11.3 Å². The van der Waals surface area contributed by atoms with E-state index in [1.807, 2.05) is 30.3 Å². The first-order valence-electron chi connectivity index (χ1n) is 9.37. The van der Waals surface area contributed by atoms with Crippen molar-refractivity contribution in [1.82, 2.24) is 4.98 Å². The lowest BCUT2D eigenvalue weighted by atomic mass is 9.49. The molecule has 4 heteroatoms.